The van der Waals surface area contributed by atoms with Gasteiger partial charge < -0.3 is 9.47 Å². The molecule has 0 aliphatic carbocycles. The van der Waals surface area contributed by atoms with E-state index in [2.05, 4.69) is 9.44 Å². The zero-order valence-electron chi connectivity index (χ0n) is 16.5. The highest BCUT2D eigenvalue weighted by Gasteiger charge is 2.20. The first-order chi connectivity index (χ1) is 14.7. The Morgan fingerprint density at radius 2 is 1.29 bits per heavy atom. The molecule has 8 nitrogen and oxygen atoms in total. The van der Waals surface area contributed by atoms with E-state index in [1.165, 1.54) is 42.5 Å². The lowest BCUT2D eigenvalue weighted by Crippen LogP contribution is -2.17. The van der Waals surface area contributed by atoms with Gasteiger partial charge in [0, 0.05) is 17.4 Å². The summed E-state index contributed by atoms with van der Waals surface area (Å²) in [5, 5.41) is 0. The molecule has 0 aromatic heterocycles. The molecule has 3 aromatic carbocycles. The molecule has 1 heterocycles. The summed E-state index contributed by atoms with van der Waals surface area (Å²) in [7, 11) is -7.71. The van der Waals surface area contributed by atoms with Crippen molar-refractivity contribution in [2.24, 2.45) is 0 Å². The van der Waals surface area contributed by atoms with Crippen molar-refractivity contribution in [2.75, 3.05) is 22.7 Å². The molecule has 0 bridgehead atoms. The van der Waals surface area contributed by atoms with E-state index in [0.717, 1.165) is 5.56 Å². The molecule has 10 heteroatoms. The number of anilines is 2. The molecule has 0 spiro atoms. The third kappa shape index (κ3) is 4.75. The molecule has 0 amide bonds. The molecular formula is C21H20N2O6S2. The van der Waals surface area contributed by atoms with Crippen molar-refractivity contribution >= 4 is 31.4 Å². The Labute approximate surface area is 180 Å². The standard InChI is InChI=1S/C21H20N2O6S2/c1-15-3-2-4-17(13-15)23-30(24,25)18-7-5-16(6-8-18)22-31(26,27)19-9-10-20-21(14-19)29-12-11-28-20/h2-10,13-14,22-23H,11-12H2,1H3. The minimum atomic E-state index is -3.90. The van der Waals surface area contributed by atoms with E-state index in [0.29, 0.717) is 30.4 Å². The molecule has 2 N–H and O–H groups in total. The van der Waals surface area contributed by atoms with Gasteiger partial charge in [-0.15, -0.1) is 0 Å². The summed E-state index contributed by atoms with van der Waals surface area (Å²) >= 11 is 0. The van der Waals surface area contributed by atoms with Crippen LogP contribution in [-0.4, -0.2) is 30.0 Å². The lowest BCUT2D eigenvalue weighted by atomic mass is 10.2. The van der Waals surface area contributed by atoms with E-state index in [1.54, 1.807) is 18.2 Å². The zero-order valence-corrected chi connectivity index (χ0v) is 18.2. The van der Waals surface area contributed by atoms with E-state index in [9.17, 15) is 16.8 Å². The Kier molecular flexibility index (Phi) is 5.50. The van der Waals surface area contributed by atoms with Gasteiger partial charge in [-0.1, -0.05) is 12.1 Å². The van der Waals surface area contributed by atoms with Crippen molar-refractivity contribution in [3.8, 4) is 11.5 Å². The maximum Gasteiger partial charge on any atom is 0.262 e. The number of ether oxygens (including phenoxy) is 2. The largest absolute Gasteiger partial charge is 0.486 e. The second-order valence-corrected chi connectivity index (χ2v) is 10.3. The van der Waals surface area contributed by atoms with Crippen molar-refractivity contribution in [1.29, 1.82) is 0 Å². The normalized spacial score (nSPS) is 13.5. The molecule has 0 saturated carbocycles. The van der Waals surface area contributed by atoms with Crippen molar-refractivity contribution < 1.29 is 26.3 Å². The molecule has 0 saturated heterocycles. The average molecular weight is 461 g/mol. The number of sulfonamides is 2. The van der Waals surface area contributed by atoms with E-state index in [4.69, 9.17) is 9.47 Å². The van der Waals surface area contributed by atoms with E-state index in [1.807, 2.05) is 13.0 Å². The summed E-state index contributed by atoms with van der Waals surface area (Å²) in [6, 6.07) is 16.8. The molecule has 0 radical (unpaired) electrons. The highest BCUT2D eigenvalue weighted by molar-refractivity contribution is 7.93. The first kappa shape index (κ1) is 21.0. The molecule has 0 unspecified atom stereocenters. The molecule has 0 atom stereocenters. The highest BCUT2D eigenvalue weighted by atomic mass is 32.2. The Balaban J connectivity index is 1.51. The van der Waals surface area contributed by atoms with Gasteiger partial charge in [0.25, 0.3) is 20.0 Å². The highest BCUT2D eigenvalue weighted by Crippen LogP contribution is 2.32. The van der Waals surface area contributed by atoms with Gasteiger partial charge in [0.2, 0.25) is 0 Å². The zero-order chi connectivity index (χ0) is 22.1. The summed E-state index contributed by atoms with van der Waals surface area (Å²) in [4.78, 5) is 0.0193. The Morgan fingerprint density at radius 1 is 0.677 bits per heavy atom. The van der Waals surface area contributed by atoms with Crippen LogP contribution in [0.25, 0.3) is 0 Å². The summed E-state index contributed by atoms with van der Waals surface area (Å²) < 4.78 is 66.4. The lowest BCUT2D eigenvalue weighted by molar-refractivity contribution is 0.171. The first-order valence-electron chi connectivity index (χ1n) is 9.35. The van der Waals surface area contributed by atoms with Gasteiger partial charge in [0.05, 0.1) is 9.79 Å². The topological polar surface area (TPSA) is 111 Å². The monoisotopic (exact) mass is 460 g/mol. The molecule has 0 fully saturated rings. The number of fused-ring (bicyclic) bond motifs is 1. The molecule has 31 heavy (non-hydrogen) atoms. The molecule has 162 valence electrons. The number of rotatable bonds is 6. The van der Waals surface area contributed by atoms with Gasteiger partial charge >= 0.3 is 0 Å². The summed E-state index contributed by atoms with van der Waals surface area (Å²) in [5.74, 6) is 0.846. The fourth-order valence-corrected chi connectivity index (χ4v) is 5.15. The number of benzene rings is 3. The predicted octanol–water partition coefficient (Wildman–Crippen LogP) is 3.37. The maximum atomic E-state index is 12.7. The van der Waals surface area contributed by atoms with E-state index < -0.39 is 20.0 Å². The Morgan fingerprint density at radius 3 is 2.00 bits per heavy atom. The fraction of sp³-hybridized carbons (Fsp3) is 0.143. The van der Waals surface area contributed by atoms with Crippen LogP contribution in [0.1, 0.15) is 5.56 Å². The van der Waals surface area contributed by atoms with Gasteiger partial charge in [-0.25, -0.2) is 16.8 Å². The smallest absolute Gasteiger partial charge is 0.262 e. The maximum absolute atomic E-state index is 12.7. The lowest BCUT2D eigenvalue weighted by Gasteiger charge is -2.19. The molecule has 1 aliphatic rings. The van der Waals surface area contributed by atoms with Crippen LogP contribution in [0.4, 0.5) is 11.4 Å². The van der Waals surface area contributed by atoms with Crippen LogP contribution < -0.4 is 18.9 Å². The van der Waals surface area contributed by atoms with Crippen LogP contribution in [0.15, 0.2) is 76.5 Å². The molecule has 3 aromatic rings. The van der Waals surface area contributed by atoms with Crippen molar-refractivity contribution in [3.63, 3.8) is 0 Å². The van der Waals surface area contributed by atoms with Crippen molar-refractivity contribution in [3.05, 3.63) is 72.3 Å². The van der Waals surface area contributed by atoms with E-state index >= 15 is 0 Å². The number of aryl methyl sites for hydroxylation is 1. The molecule has 4 rings (SSSR count). The number of hydrogen-bond donors (Lipinski definition) is 2. The fourth-order valence-electron chi connectivity index (χ4n) is 3.03. The van der Waals surface area contributed by atoms with Gasteiger partial charge in [0.15, 0.2) is 11.5 Å². The predicted molar refractivity (Wildman–Crippen MR) is 117 cm³/mol. The SMILES string of the molecule is Cc1cccc(NS(=O)(=O)c2ccc(NS(=O)(=O)c3ccc4c(c3)OCCO4)cc2)c1. The number of nitrogens with one attached hydrogen (secondary N) is 2. The Hall–Kier alpha value is -3.24. The van der Waals surface area contributed by atoms with Crippen LogP contribution in [0.3, 0.4) is 0 Å². The third-order valence-corrected chi connectivity index (χ3v) is 7.29. The second-order valence-electron chi connectivity index (χ2n) is 6.91. The summed E-state index contributed by atoms with van der Waals surface area (Å²) in [5.41, 5.74) is 1.59. The van der Waals surface area contributed by atoms with E-state index in [-0.39, 0.29) is 15.5 Å². The summed E-state index contributed by atoms with van der Waals surface area (Å²) in [6.45, 7) is 2.61. The minimum Gasteiger partial charge on any atom is -0.486 e. The second kappa shape index (κ2) is 8.12. The quantitative estimate of drug-likeness (QED) is 0.584. The minimum absolute atomic E-state index is 0.00885. The van der Waals surface area contributed by atoms with Gasteiger partial charge in [-0.3, -0.25) is 9.44 Å². The van der Waals surface area contributed by atoms with Gasteiger partial charge in [-0.05, 0) is 61.0 Å². The first-order valence-corrected chi connectivity index (χ1v) is 12.3. The Bertz CT molecular complexity index is 1320. The van der Waals surface area contributed by atoms with Gasteiger partial charge in [-0.2, -0.15) is 0 Å². The average Bonchev–Trinajstić information content (AvgIpc) is 2.73. The third-order valence-electron chi connectivity index (χ3n) is 4.51. The molecule has 1 aliphatic heterocycles. The van der Waals surface area contributed by atoms with Crippen LogP contribution in [0.2, 0.25) is 0 Å². The van der Waals surface area contributed by atoms with Crippen LogP contribution >= 0.6 is 0 Å². The van der Waals surface area contributed by atoms with Gasteiger partial charge in [0.1, 0.15) is 13.2 Å². The van der Waals surface area contributed by atoms with Crippen molar-refractivity contribution in [1.82, 2.24) is 0 Å². The molecular weight excluding hydrogens is 440 g/mol. The van der Waals surface area contributed by atoms with Crippen LogP contribution in [0.5, 0.6) is 11.5 Å². The van der Waals surface area contributed by atoms with Crippen molar-refractivity contribution in [2.45, 2.75) is 16.7 Å². The summed E-state index contributed by atoms with van der Waals surface area (Å²) in [6.07, 6.45) is 0. The van der Waals surface area contributed by atoms with Crippen LogP contribution in [-0.2, 0) is 20.0 Å². The van der Waals surface area contributed by atoms with Crippen LogP contribution in [0, 0.1) is 6.92 Å². The number of hydrogen-bond acceptors (Lipinski definition) is 6.